The fraction of sp³-hybridized carbons (Fsp3) is 0.600. The summed E-state index contributed by atoms with van der Waals surface area (Å²) in [5.74, 6) is 0.870. The number of sulfonamides is 1. The number of benzene rings is 1. The third-order valence-corrected chi connectivity index (χ3v) is 6.31. The molecule has 2 fully saturated rings. The van der Waals surface area contributed by atoms with Gasteiger partial charge in [0, 0.05) is 32.7 Å². The van der Waals surface area contributed by atoms with Gasteiger partial charge in [-0.3, -0.25) is 0 Å². The maximum absolute atomic E-state index is 12.7. The first-order valence-electron chi connectivity index (χ1n) is 7.35. The summed E-state index contributed by atoms with van der Waals surface area (Å²) in [5.41, 5.74) is 0.827. The Hall–Kier alpha value is -0.910. The molecule has 1 aliphatic carbocycles. The fourth-order valence-corrected chi connectivity index (χ4v) is 4.45. The van der Waals surface area contributed by atoms with E-state index in [1.165, 1.54) is 12.8 Å². The monoisotopic (exact) mass is 294 g/mol. The second-order valence-corrected chi connectivity index (χ2v) is 7.82. The van der Waals surface area contributed by atoms with E-state index in [1.807, 2.05) is 19.1 Å². The van der Waals surface area contributed by atoms with Gasteiger partial charge in [0.25, 0.3) is 0 Å². The summed E-state index contributed by atoms with van der Waals surface area (Å²) in [7, 11) is -3.32. The molecule has 0 amide bonds. The molecule has 0 aromatic heterocycles. The van der Waals surface area contributed by atoms with Crippen molar-refractivity contribution in [3.63, 3.8) is 0 Å². The van der Waals surface area contributed by atoms with Crippen LogP contribution < -0.4 is 0 Å². The molecule has 2 aliphatic rings. The Bertz CT molecular complexity index is 573. The van der Waals surface area contributed by atoms with Crippen molar-refractivity contribution in [3.05, 3.63) is 29.8 Å². The van der Waals surface area contributed by atoms with Gasteiger partial charge in [-0.15, -0.1) is 0 Å². The SMILES string of the molecule is Cc1ccccc1S(=O)(=O)N1CCN(CC2CC2)CC1. The molecular formula is C15H22N2O2S. The quantitative estimate of drug-likeness (QED) is 0.849. The number of hydrogen-bond donors (Lipinski definition) is 0. The molecule has 4 nitrogen and oxygen atoms in total. The number of nitrogens with zero attached hydrogens (tertiary/aromatic N) is 2. The molecule has 1 aromatic rings. The van der Waals surface area contributed by atoms with Crippen molar-refractivity contribution in [3.8, 4) is 0 Å². The Labute approximate surface area is 121 Å². The zero-order valence-corrected chi connectivity index (χ0v) is 12.8. The maximum Gasteiger partial charge on any atom is 0.243 e. The lowest BCUT2D eigenvalue weighted by atomic mass is 10.2. The van der Waals surface area contributed by atoms with Gasteiger partial charge in [-0.05, 0) is 37.3 Å². The maximum atomic E-state index is 12.7. The van der Waals surface area contributed by atoms with Gasteiger partial charge in [-0.1, -0.05) is 18.2 Å². The van der Waals surface area contributed by atoms with Crippen LogP contribution in [0.4, 0.5) is 0 Å². The lowest BCUT2D eigenvalue weighted by Gasteiger charge is -2.34. The predicted molar refractivity (Wildman–Crippen MR) is 79.1 cm³/mol. The Morgan fingerprint density at radius 1 is 1.10 bits per heavy atom. The van der Waals surface area contributed by atoms with Gasteiger partial charge in [0.15, 0.2) is 0 Å². The number of aryl methyl sites for hydroxylation is 1. The van der Waals surface area contributed by atoms with Crippen LogP contribution in [-0.2, 0) is 10.0 Å². The van der Waals surface area contributed by atoms with Crippen LogP contribution in [0, 0.1) is 12.8 Å². The van der Waals surface area contributed by atoms with Gasteiger partial charge in [-0.2, -0.15) is 4.31 Å². The molecule has 0 radical (unpaired) electrons. The van der Waals surface area contributed by atoms with Crippen molar-refractivity contribution in [2.24, 2.45) is 5.92 Å². The summed E-state index contributed by atoms with van der Waals surface area (Å²) in [4.78, 5) is 2.86. The summed E-state index contributed by atoms with van der Waals surface area (Å²) in [5, 5.41) is 0. The van der Waals surface area contributed by atoms with Crippen LogP contribution in [0.25, 0.3) is 0 Å². The van der Waals surface area contributed by atoms with Crippen LogP contribution in [0.5, 0.6) is 0 Å². The smallest absolute Gasteiger partial charge is 0.243 e. The normalized spacial score (nSPS) is 22.1. The summed E-state index contributed by atoms with van der Waals surface area (Å²) in [6.45, 7) is 5.96. The Morgan fingerprint density at radius 3 is 2.35 bits per heavy atom. The van der Waals surface area contributed by atoms with Gasteiger partial charge in [-0.25, -0.2) is 8.42 Å². The molecular weight excluding hydrogens is 272 g/mol. The summed E-state index contributed by atoms with van der Waals surface area (Å²) < 4.78 is 27.0. The number of piperazine rings is 1. The van der Waals surface area contributed by atoms with Crippen molar-refractivity contribution in [1.29, 1.82) is 0 Å². The van der Waals surface area contributed by atoms with Crippen molar-refractivity contribution in [1.82, 2.24) is 9.21 Å². The molecule has 0 N–H and O–H groups in total. The molecule has 110 valence electrons. The Kier molecular flexibility index (Phi) is 3.84. The van der Waals surface area contributed by atoms with E-state index in [-0.39, 0.29) is 0 Å². The molecule has 5 heteroatoms. The van der Waals surface area contributed by atoms with E-state index in [2.05, 4.69) is 4.90 Å². The van der Waals surface area contributed by atoms with E-state index in [0.717, 1.165) is 31.1 Å². The second kappa shape index (κ2) is 5.47. The molecule has 20 heavy (non-hydrogen) atoms. The van der Waals surface area contributed by atoms with Crippen LogP contribution >= 0.6 is 0 Å². The highest BCUT2D eigenvalue weighted by atomic mass is 32.2. The van der Waals surface area contributed by atoms with Crippen LogP contribution in [0.15, 0.2) is 29.2 Å². The molecule has 0 atom stereocenters. The fourth-order valence-electron chi connectivity index (χ4n) is 2.80. The number of hydrogen-bond acceptors (Lipinski definition) is 3. The molecule has 1 heterocycles. The molecule has 3 rings (SSSR count). The van der Waals surface area contributed by atoms with E-state index in [0.29, 0.717) is 18.0 Å². The third-order valence-electron chi connectivity index (χ3n) is 4.26. The largest absolute Gasteiger partial charge is 0.300 e. The van der Waals surface area contributed by atoms with Crippen molar-refractivity contribution < 1.29 is 8.42 Å². The lowest BCUT2D eigenvalue weighted by Crippen LogP contribution is -2.49. The summed E-state index contributed by atoms with van der Waals surface area (Å²) in [6.07, 6.45) is 2.70. The average molecular weight is 294 g/mol. The van der Waals surface area contributed by atoms with Gasteiger partial charge in [0.2, 0.25) is 10.0 Å². The Morgan fingerprint density at radius 2 is 1.75 bits per heavy atom. The predicted octanol–water partition coefficient (Wildman–Crippen LogP) is 1.71. The molecule has 0 unspecified atom stereocenters. The van der Waals surface area contributed by atoms with Crippen LogP contribution in [0.2, 0.25) is 0 Å². The van der Waals surface area contributed by atoms with Crippen molar-refractivity contribution in [2.75, 3.05) is 32.7 Å². The molecule has 1 saturated carbocycles. The van der Waals surface area contributed by atoms with Crippen molar-refractivity contribution in [2.45, 2.75) is 24.7 Å². The first-order chi connectivity index (χ1) is 9.57. The molecule has 0 spiro atoms. The van der Waals surface area contributed by atoms with Crippen LogP contribution in [0.3, 0.4) is 0 Å². The van der Waals surface area contributed by atoms with E-state index in [1.54, 1.807) is 16.4 Å². The molecule has 1 aromatic carbocycles. The average Bonchev–Trinajstić information content (AvgIpc) is 3.24. The molecule has 1 saturated heterocycles. The second-order valence-electron chi connectivity index (χ2n) is 5.91. The zero-order valence-electron chi connectivity index (χ0n) is 12.0. The van der Waals surface area contributed by atoms with Gasteiger partial charge in [0.1, 0.15) is 0 Å². The third kappa shape index (κ3) is 2.90. The van der Waals surface area contributed by atoms with Gasteiger partial charge < -0.3 is 4.90 Å². The Balaban J connectivity index is 1.68. The van der Waals surface area contributed by atoms with Crippen molar-refractivity contribution >= 4 is 10.0 Å². The van der Waals surface area contributed by atoms with Gasteiger partial charge in [0.05, 0.1) is 4.90 Å². The topological polar surface area (TPSA) is 40.6 Å². The first kappa shape index (κ1) is 14.0. The number of rotatable bonds is 4. The minimum Gasteiger partial charge on any atom is -0.300 e. The highest BCUT2D eigenvalue weighted by Crippen LogP contribution is 2.30. The van der Waals surface area contributed by atoms with Gasteiger partial charge >= 0.3 is 0 Å². The molecule has 1 aliphatic heterocycles. The van der Waals surface area contributed by atoms with E-state index in [9.17, 15) is 8.42 Å². The van der Waals surface area contributed by atoms with E-state index in [4.69, 9.17) is 0 Å². The first-order valence-corrected chi connectivity index (χ1v) is 8.79. The zero-order chi connectivity index (χ0) is 14.2. The van der Waals surface area contributed by atoms with Crippen LogP contribution in [0.1, 0.15) is 18.4 Å². The summed E-state index contributed by atoms with van der Waals surface area (Å²) >= 11 is 0. The standard InChI is InChI=1S/C15H22N2O2S/c1-13-4-2-3-5-15(13)20(18,19)17-10-8-16(9-11-17)12-14-6-7-14/h2-5,14H,6-12H2,1H3. The van der Waals surface area contributed by atoms with E-state index >= 15 is 0 Å². The highest BCUT2D eigenvalue weighted by molar-refractivity contribution is 7.89. The minimum absolute atomic E-state index is 0.454. The highest BCUT2D eigenvalue weighted by Gasteiger charge is 2.31. The lowest BCUT2D eigenvalue weighted by molar-refractivity contribution is 0.182. The summed E-state index contributed by atoms with van der Waals surface area (Å²) in [6, 6.07) is 7.24. The molecule has 0 bridgehead atoms. The van der Waals surface area contributed by atoms with Crippen LogP contribution in [-0.4, -0.2) is 50.3 Å². The van der Waals surface area contributed by atoms with E-state index < -0.39 is 10.0 Å². The minimum atomic E-state index is -3.32.